The number of nitrogen functional groups attached to an aromatic ring is 1. The van der Waals surface area contributed by atoms with Crippen molar-refractivity contribution < 1.29 is 9.53 Å². The van der Waals surface area contributed by atoms with Crippen LogP contribution in [0.2, 0.25) is 0 Å². The van der Waals surface area contributed by atoms with Crippen molar-refractivity contribution in [2.24, 2.45) is 5.92 Å². The van der Waals surface area contributed by atoms with Gasteiger partial charge in [-0.05, 0) is 51.3 Å². The van der Waals surface area contributed by atoms with Gasteiger partial charge in [0.2, 0.25) is 11.9 Å². The number of nitrogens with two attached hydrogens (primary N) is 1. The number of carbonyl (C=O) groups is 1. The lowest BCUT2D eigenvalue weighted by atomic mass is 9.98. The van der Waals surface area contributed by atoms with Gasteiger partial charge in [-0.3, -0.25) is 4.79 Å². The highest BCUT2D eigenvalue weighted by Gasteiger charge is 2.25. The molecule has 27 heavy (non-hydrogen) atoms. The van der Waals surface area contributed by atoms with Crippen molar-refractivity contribution in [2.45, 2.75) is 40.0 Å². The van der Waals surface area contributed by atoms with Crippen LogP contribution in [0.3, 0.4) is 0 Å². The summed E-state index contributed by atoms with van der Waals surface area (Å²) in [5.41, 5.74) is 9.31. The Balaban J connectivity index is 1.58. The molecule has 2 heterocycles. The maximum Gasteiger partial charge on any atom is 0.227 e. The second kappa shape index (κ2) is 8.37. The Kier molecular flexibility index (Phi) is 5.94. The minimum Gasteiger partial charge on any atom is -0.493 e. The van der Waals surface area contributed by atoms with E-state index < -0.39 is 0 Å². The normalized spacial score (nSPS) is 17.0. The number of rotatable bonds is 5. The topological polar surface area (TPSA) is 81.3 Å². The average Bonchev–Trinajstić information content (AvgIpc) is 2.63. The van der Waals surface area contributed by atoms with Crippen molar-refractivity contribution in [1.29, 1.82) is 0 Å². The second-order valence-corrected chi connectivity index (χ2v) is 7.38. The summed E-state index contributed by atoms with van der Waals surface area (Å²) in [6, 6.07) is 8.07. The Morgan fingerprint density at radius 3 is 2.70 bits per heavy atom. The van der Waals surface area contributed by atoms with Crippen molar-refractivity contribution in [1.82, 2.24) is 14.9 Å². The SMILES string of the molecule is Cc1cccc(OC[C@@H]2CCCN(C(=O)Cc3c(C)nc(N)nc3C)C2)c1. The minimum absolute atomic E-state index is 0.120. The Morgan fingerprint density at radius 2 is 2.00 bits per heavy atom. The van der Waals surface area contributed by atoms with Crippen LogP contribution in [0.4, 0.5) is 5.95 Å². The fourth-order valence-electron chi connectivity index (χ4n) is 3.63. The highest BCUT2D eigenvalue weighted by Crippen LogP contribution is 2.21. The summed E-state index contributed by atoms with van der Waals surface area (Å²) in [5, 5.41) is 0. The van der Waals surface area contributed by atoms with Crippen LogP contribution in [0.25, 0.3) is 0 Å². The van der Waals surface area contributed by atoms with Gasteiger partial charge >= 0.3 is 0 Å². The van der Waals surface area contributed by atoms with E-state index in [1.54, 1.807) is 0 Å². The van der Waals surface area contributed by atoms with Crippen molar-refractivity contribution in [3.63, 3.8) is 0 Å². The zero-order valence-corrected chi connectivity index (χ0v) is 16.4. The summed E-state index contributed by atoms with van der Waals surface area (Å²) in [6.07, 6.45) is 2.41. The number of amides is 1. The largest absolute Gasteiger partial charge is 0.493 e. The van der Waals surface area contributed by atoms with Gasteiger partial charge in [0.05, 0.1) is 13.0 Å². The third kappa shape index (κ3) is 4.96. The van der Waals surface area contributed by atoms with Crippen LogP contribution in [0.5, 0.6) is 5.75 Å². The molecule has 0 bridgehead atoms. The van der Waals surface area contributed by atoms with Crippen LogP contribution in [0.15, 0.2) is 24.3 Å². The van der Waals surface area contributed by atoms with E-state index in [1.165, 1.54) is 5.56 Å². The molecule has 1 aromatic heterocycles. The number of benzene rings is 1. The zero-order chi connectivity index (χ0) is 19.4. The molecule has 0 unspecified atom stereocenters. The smallest absolute Gasteiger partial charge is 0.227 e. The number of nitrogens with zero attached hydrogens (tertiary/aromatic N) is 3. The number of anilines is 1. The molecule has 6 nitrogen and oxygen atoms in total. The van der Waals surface area contributed by atoms with E-state index in [0.29, 0.717) is 18.9 Å². The summed E-state index contributed by atoms with van der Waals surface area (Å²) in [7, 11) is 0. The maximum absolute atomic E-state index is 12.8. The molecule has 2 N–H and O–H groups in total. The molecule has 1 saturated heterocycles. The summed E-state index contributed by atoms with van der Waals surface area (Å²) < 4.78 is 5.95. The molecule has 1 fully saturated rings. The number of hydrogen-bond acceptors (Lipinski definition) is 5. The highest BCUT2D eigenvalue weighted by atomic mass is 16.5. The first-order chi connectivity index (χ1) is 12.9. The number of hydrogen-bond donors (Lipinski definition) is 1. The van der Waals surface area contributed by atoms with Crippen LogP contribution in [0, 0.1) is 26.7 Å². The van der Waals surface area contributed by atoms with Gasteiger partial charge in [0.25, 0.3) is 0 Å². The number of aryl methyl sites for hydroxylation is 3. The van der Waals surface area contributed by atoms with E-state index in [2.05, 4.69) is 23.0 Å². The zero-order valence-electron chi connectivity index (χ0n) is 16.4. The van der Waals surface area contributed by atoms with Crippen LogP contribution in [-0.2, 0) is 11.2 Å². The third-order valence-electron chi connectivity index (χ3n) is 5.11. The minimum atomic E-state index is 0.120. The van der Waals surface area contributed by atoms with E-state index in [9.17, 15) is 4.79 Å². The molecule has 6 heteroatoms. The van der Waals surface area contributed by atoms with Gasteiger partial charge in [-0.1, -0.05) is 12.1 Å². The molecule has 1 amide bonds. The molecule has 1 atom stereocenters. The first kappa shape index (κ1) is 19.1. The molecule has 3 rings (SSSR count). The molecular weight excluding hydrogens is 340 g/mol. The van der Waals surface area contributed by atoms with E-state index in [1.807, 2.05) is 36.9 Å². The lowest BCUT2D eigenvalue weighted by molar-refractivity contribution is -0.132. The Bertz CT molecular complexity index is 799. The van der Waals surface area contributed by atoms with Gasteiger partial charge in [0.1, 0.15) is 5.75 Å². The number of likely N-dealkylation sites (tertiary alicyclic amines) is 1. The van der Waals surface area contributed by atoms with Crippen molar-refractivity contribution in [3.8, 4) is 5.75 Å². The predicted octanol–water partition coefficient (Wildman–Crippen LogP) is 2.84. The Labute approximate surface area is 160 Å². The van der Waals surface area contributed by atoms with E-state index in [4.69, 9.17) is 10.5 Å². The van der Waals surface area contributed by atoms with Gasteiger partial charge in [0.15, 0.2) is 0 Å². The molecule has 1 aliphatic heterocycles. The van der Waals surface area contributed by atoms with Crippen molar-refractivity contribution >= 4 is 11.9 Å². The van der Waals surface area contributed by atoms with E-state index in [-0.39, 0.29) is 11.9 Å². The standard InChI is InChI=1S/C21H28N4O2/c1-14-6-4-8-18(10-14)27-13-17-7-5-9-25(12-17)20(26)11-19-15(2)23-21(22)24-16(19)3/h4,6,8,10,17H,5,7,9,11-13H2,1-3H3,(H2,22,23,24)/t17-/m1/s1. The molecule has 0 saturated carbocycles. The lowest BCUT2D eigenvalue weighted by Gasteiger charge is -2.33. The van der Waals surface area contributed by atoms with Gasteiger partial charge in [0, 0.05) is 36.0 Å². The second-order valence-electron chi connectivity index (χ2n) is 7.38. The van der Waals surface area contributed by atoms with Gasteiger partial charge in [-0.25, -0.2) is 9.97 Å². The first-order valence-electron chi connectivity index (χ1n) is 9.49. The van der Waals surface area contributed by atoms with E-state index in [0.717, 1.165) is 48.6 Å². The molecule has 144 valence electrons. The quantitative estimate of drug-likeness (QED) is 0.878. The maximum atomic E-state index is 12.8. The summed E-state index contributed by atoms with van der Waals surface area (Å²) in [6.45, 7) is 7.98. The highest BCUT2D eigenvalue weighted by molar-refractivity contribution is 5.79. The van der Waals surface area contributed by atoms with Crippen LogP contribution in [-0.4, -0.2) is 40.5 Å². The predicted molar refractivity (Wildman–Crippen MR) is 106 cm³/mol. The van der Waals surface area contributed by atoms with Crippen LogP contribution in [0.1, 0.15) is 35.4 Å². The molecular formula is C21H28N4O2. The Morgan fingerprint density at radius 1 is 1.26 bits per heavy atom. The average molecular weight is 368 g/mol. The summed E-state index contributed by atoms with van der Waals surface area (Å²) >= 11 is 0. The number of aromatic nitrogens is 2. The summed E-state index contributed by atoms with van der Waals surface area (Å²) in [5.74, 6) is 1.62. The molecule has 1 aromatic carbocycles. The van der Waals surface area contributed by atoms with Crippen LogP contribution >= 0.6 is 0 Å². The number of ether oxygens (including phenoxy) is 1. The molecule has 1 aliphatic rings. The summed E-state index contributed by atoms with van der Waals surface area (Å²) in [4.78, 5) is 23.2. The number of carbonyl (C=O) groups excluding carboxylic acids is 1. The van der Waals surface area contributed by atoms with E-state index >= 15 is 0 Å². The molecule has 2 aromatic rings. The monoisotopic (exact) mass is 368 g/mol. The Hall–Kier alpha value is -2.63. The van der Waals surface area contributed by atoms with Crippen LogP contribution < -0.4 is 10.5 Å². The third-order valence-corrected chi connectivity index (χ3v) is 5.11. The van der Waals surface area contributed by atoms with Gasteiger partial charge in [-0.2, -0.15) is 0 Å². The van der Waals surface area contributed by atoms with Gasteiger partial charge < -0.3 is 15.4 Å². The fraction of sp³-hybridized carbons (Fsp3) is 0.476. The molecule has 0 radical (unpaired) electrons. The molecule has 0 spiro atoms. The lowest BCUT2D eigenvalue weighted by Crippen LogP contribution is -2.42. The number of piperidine rings is 1. The first-order valence-corrected chi connectivity index (χ1v) is 9.49. The fourth-order valence-corrected chi connectivity index (χ4v) is 3.63. The van der Waals surface area contributed by atoms with Crippen molar-refractivity contribution in [2.75, 3.05) is 25.4 Å². The van der Waals surface area contributed by atoms with Gasteiger partial charge in [-0.15, -0.1) is 0 Å². The van der Waals surface area contributed by atoms with Crippen molar-refractivity contribution in [3.05, 3.63) is 46.8 Å². The molecule has 0 aliphatic carbocycles.